The van der Waals surface area contributed by atoms with Crippen LogP contribution in [0.2, 0.25) is 0 Å². The van der Waals surface area contributed by atoms with Crippen LogP contribution in [0.15, 0.2) is 0 Å². The molecule has 0 aromatic carbocycles. The minimum absolute atomic E-state index is 0.545. The fourth-order valence-electron chi connectivity index (χ4n) is 2.55. The number of morpholine rings is 1. The van der Waals surface area contributed by atoms with Gasteiger partial charge in [0.2, 0.25) is 0 Å². The molecule has 0 amide bonds. The Labute approximate surface area is 99.3 Å². The Kier molecular flexibility index (Phi) is 3.88. The molecule has 1 saturated carbocycles. The summed E-state index contributed by atoms with van der Waals surface area (Å²) in [6.45, 7) is 10.9. The molecule has 2 N–H and O–H groups in total. The van der Waals surface area contributed by atoms with Gasteiger partial charge >= 0.3 is 0 Å². The summed E-state index contributed by atoms with van der Waals surface area (Å²) in [6, 6.07) is 1.14. The maximum absolute atomic E-state index is 5.46. The predicted octanol–water partition coefficient (Wildman–Crippen LogP) is 1.39. The van der Waals surface area contributed by atoms with Crippen molar-refractivity contribution >= 4 is 0 Å². The van der Waals surface area contributed by atoms with Crippen LogP contribution in [0.3, 0.4) is 0 Å². The van der Waals surface area contributed by atoms with E-state index in [0.717, 1.165) is 25.7 Å². The predicted molar refractivity (Wildman–Crippen MR) is 66.6 cm³/mol. The van der Waals surface area contributed by atoms with Crippen LogP contribution in [0.4, 0.5) is 0 Å². The van der Waals surface area contributed by atoms with E-state index in [4.69, 9.17) is 4.74 Å². The van der Waals surface area contributed by atoms with Crippen molar-refractivity contribution < 1.29 is 4.74 Å². The fourth-order valence-corrected chi connectivity index (χ4v) is 2.55. The average molecular weight is 226 g/mol. The Balaban J connectivity index is 1.59. The minimum atomic E-state index is 0.545. The molecule has 1 saturated heterocycles. The highest BCUT2D eigenvalue weighted by molar-refractivity contribution is 4.96. The van der Waals surface area contributed by atoms with Gasteiger partial charge in [0.05, 0.1) is 13.2 Å². The van der Waals surface area contributed by atoms with E-state index in [1.165, 1.54) is 19.4 Å². The van der Waals surface area contributed by atoms with Crippen molar-refractivity contribution in [2.24, 2.45) is 11.3 Å². The molecule has 2 fully saturated rings. The Morgan fingerprint density at radius 1 is 1.50 bits per heavy atom. The van der Waals surface area contributed by atoms with E-state index in [0.29, 0.717) is 17.5 Å². The van der Waals surface area contributed by atoms with E-state index in [9.17, 15) is 0 Å². The molecule has 0 bridgehead atoms. The van der Waals surface area contributed by atoms with E-state index in [2.05, 4.69) is 31.4 Å². The maximum Gasteiger partial charge on any atom is 0.0620 e. The van der Waals surface area contributed by atoms with Crippen LogP contribution in [-0.4, -0.2) is 38.4 Å². The summed E-state index contributed by atoms with van der Waals surface area (Å²) < 4.78 is 5.46. The van der Waals surface area contributed by atoms with E-state index in [1.807, 2.05) is 0 Å². The lowest BCUT2D eigenvalue weighted by atomic mass is 10.1. The van der Waals surface area contributed by atoms with Crippen LogP contribution in [0.1, 0.15) is 33.6 Å². The Hall–Kier alpha value is -0.120. The summed E-state index contributed by atoms with van der Waals surface area (Å²) >= 11 is 0. The first-order valence-electron chi connectivity index (χ1n) is 6.62. The number of hydrogen-bond donors (Lipinski definition) is 2. The van der Waals surface area contributed by atoms with E-state index in [1.54, 1.807) is 0 Å². The molecular formula is C13H26N2O. The average Bonchev–Trinajstić information content (AvgIpc) is 2.85. The summed E-state index contributed by atoms with van der Waals surface area (Å²) in [5.41, 5.74) is 0.596. The zero-order valence-corrected chi connectivity index (χ0v) is 10.9. The van der Waals surface area contributed by atoms with Crippen molar-refractivity contribution in [3.8, 4) is 0 Å². The minimum Gasteiger partial charge on any atom is -0.379 e. The molecular weight excluding hydrogens is 200 g/mol. The van der Waals surface area contributed by atoms with E-state index >= 15 is 0 Å². The van der Waals surface area contributed by atoms with Gasteiger partial charge in [0.25, 0.3) is 0 Å². The SMILES string of the molecule is CC(CC1COCCN1)NCC1CC1(C)C. The van der Waals surface area contributed by atoms with Crippen molar-refractivity contribution in [1.82, 2.24) is 10.6 Å². The van der Waals surface area contributed by atoms with Gasteiger partial charge in [-0.05, 0) is 37.6 Å². The highest BCUT2D eigenvalue weighted by atomic mass is 16.5. The summed E-state index contributed by atoms with van der Waals surface area (Å²) in [7, 11) is 0. The first kappa shape index (κ1) is 12.3. The maximum atomic E-state index is 5.46. The molecule has 1 aliphatic carbocycles. The van der Waals surface area contributed by atoms with Crippen LogP contribution in [0, 0.1) is 11.3 Å². The largest absolute Gasteiger partial charge is 0.379 e. The number of nitrogens with one attached hydrogen (secondary N) is 2. The molecule has 1 aliphatic heterocycles. The quantitative estimate of drug-likeness (QED) is 0.743. The standard InChI is InChI=1S/C13H26N2O/c1-10(6-12-9-16-5-4-14-12)15-8-11-7-13(11,2)3/h10-12,14-15H,4-9H2,1-3H3. The molecule has 2 rings (SSSR count). The van der Waals surface area contributed by atoms with Gasteiger partial charge in [-0.15, -0.1) is 0 Å². The second-order valence-electron chi connectivity index (χ2n) is 6.16. The highest BCUT2D eigenvalue weighted by Gasteiger charge is 2.44. The van der Waals surface area contributed by atoms with Crippen molar-refractivity contribution in [2.75, 3.05) is 26.3 Å². The van der Waals surface area contributed by atoms with Crippen molar-refractivity contribution in [2.45, 2.75) is 45.7 Å². The molecule has 0 spiro atoms. The van der Waals surface area contributed by atoms with E-state index in [-0.39, 0.29) is 0 Å². The first-order chi connectivity index (χ1) is 7.58. The molecule has 3 unspecified atom stereocenters. The van der Waals surface area contributed by atoms with Crippen LogP contribution in [0.5, 0.6) is 0 Å². The molecule has 0 aromatic heterocycles. The van der Waals surface area contributed by atoms with Gasteiger partial charge in [-0.25, -0.2) is 0 Å². The summed E-state index contributed by atoms with van der Waals surface area (Å²) in [6.07, 6.45) is 2.56. The first-order valence-corrected chi connectivity index (χ1v) is 6.62. The molecule has 16 heavy (non-hydrogen) atoms. The molecule has 0 radical (unpaired) electrons. The molecule has 3 heteroatoms. The lowest BCUT2D eigenvalue weighted by Gasteiger charge is -2.26. The zero-order chi connectivity index (χ0) is 11.6. The van der Waals surface area contributed by atoms with Crippen LogP contribution < -0.4 is 10.6 Å². The van der Waals surface area contributed by atoms with Gasteiger partial charge in [-0.1, -0.05) is 13.8 Å². The molecule has 2 aliphatic rings. The number of hydrogen-bond acceptors (Lipinski definition) is 3. The van der Waals surface area contributed by atoms with Gasteiger partial charge in [-0.2, -0.15) is 0 Å². The Morgan fingerprint density at radius 3 is 2.81 bits per heavy atom. The highest BCUT2D eigenvalue weighted by Crippen LogP contribution is 2.51. The smallest absolute Gasteiger partial charge is 0.0620 e. The van der Waals surface area contributed by atoms with E-state index < -0.39 is 0 Å². The number of rotatable bonds is 5. The van der Waals surface area contributed by atoms with Gasteiger partial charge in [0.15, 0.2) is 0 Å². The van der Waals surface area contributed by atoms with Gasteiger partial charge in [0.1, 0.15) is 0 Å². The fraction of sp³-hybridized carbons (Fsp3) is 1.00. The Bertz CT molecular complexity index is 224. The second kappa shape index (κ2) is 5.03. The van der Waals surface area contributed by atoms with Gasteiger partial charge < -0.3 is 15.4 Å². The third-order valence-corrected chi connectivity index (χ3v) is 4.07. The zero-order valence-electron chi connectivity index (χ0n) is 10.9. The monoisotopic (exact) mass is 226 g/mol. The summed E-state index contributed by atoms with van der Waals surface area (Å²) in [5.74, 6) is 0.894. The van der Waals surface area contributed by atoms with Crippen molar-refractivity contribution in [3.63, 3.8) is 0 Å². The summed E-state index contributed by atoms with van der Waals surface area (Å²) in [5, 5.41) is 7.16. The molecule has 1 heterocycles. The van der Waals surface area contributed by atoms with Crippen LogP contribution in [0.25, 0.3) is 0 Å². The molecule has 3 nitrogen and oxygen atoms in total. The molecule has 94 valence electrons. The van der Waals surface area contributed by atoms with Crippen LogP contribution >= 0.6 is 0 Å². The second-order valence-corrected chi connectivity index (χ2v) is 6.16. The lowest BCUT2D eigenvalue weighted by Crippen LogP contribution is -2.45. The third kappa shape index (κ3) is 3.44. The molecule has 3 atom stereocenters. The van der Waals surface area contributed by atoms with Gasteiger partial charge in [-0.3, -0.25) is 0 Å². The lowest BCUT2D eigenvalue weighted by molar-refractivity contribution is 0.0712. The third-order valence-electron chi connectivity index (χ3n) is 4.07. The summed E-state index contributed by atoms with van der Waals surface area (Å²) in [4.78, 5) is 0. The Morgan fingerprint density at radius 2 is 2.25 bits per heavy atom. The van der Waals surface area contributed by atoms with Crippen molar-refractivity contribution in [1.29, 1.82) is 0 Å². The normalized spacial score (nSPS) is 34.7. The number of ether oxygens (including phenoxy) is 1. The topological polar surface area (TPSA) is 33.3 Å². The van der Waals surface area contributed by atoms with Gasteiger partial charge in [0, 0.05) is 18.6 Å². The van der Waals surface area contributed by atoms with Crippen molar-refractivity contribution in [3.05, 3.63) is 0 Å². The molecule has 0 aromatic rings. The van der Waals surface area contributed by atoms with Crippen LogP contribution in [-0.2, 0) is 4.74 Å².